The Balaban J connectivity index is 1.78. The molecular weight excluding hydrogens is 236 g/mol. The lowest BCUT2D eigenvalue weighted by Gasteiger charge is -2.26. The molecule has 0 radical (unpaired) electrons. The Morgan fingerprint density at radius 2 is 2.05 bits per heavy atom. The van der Waals surface area contributed by atoms with Crippen molar-refractivity contribution in [3.63, 3.8) is 0 Å². The monoisotopic (exact) mass is 262 g/mol. The molecule has 0 saturated heterocycles. The van der Waals surface area contributed by atoms with Crippen LogP contribution in [-0.4, -0.2) is 18.8 Å². The van der Waals surface area contributed by atoms with Gasteiger partial charge in [-0.2, -0.15) is 0 Å². The van der Waals surface area contributed by atoms with Crippen molar-refractivity contribution in [3.8, 4) is 0 Å². The molecule has 1 aromatic rings. The van der Waals surface area contributed by atoms with Gasteiger partial charge >= 0.3 is 0 Å². The standard InChI is InChI=1S/C16H26N2O/c1-2-19-16(14-11-12-14)15(18-17)10-6-9-13-7-4-3-5-8-13/h3-5,7-8,14-16,18H,2,6,9-12,17H2,1H3. The van der Waals surface area contributed by atoms with Crippen LogP contribution in [0.15, 0.2) is 30.3 Å². The highest BCUT2D eigenvalue weighted by Gasteiger charge is 2.36. The van der Waals surface area contributed by atoms with Gasteiger partial charge in [-0.3, -0.25) is 11.3 Å². The van der Waals surface area contributed by atoms with Gasteiger partial charge in [-0.05, 0) is 50.5 Å². The number of rotatable bonds is 9. The van der Waals surface area contributed by atoms with E-state index in [9.17, 15) is 0 Å². The van der Waals surface area contributed by atoms with Gasteiger partial charge in [0.2, 0.25) is 0 Å². The summed E-state index contributed by atoms with van der Waals surface area (Å²) in [6, 6.07) is 10.9. The average Bonchev–Trinajstić information content (AvgIpc) is 3.27. The lowest BCUT2D eigenvalue weighted by Crippen LogP contribution is -2.46. The molecule has 1 aliphatic carbocycles. The summed E-state index contributed by atoms with van der Waals surface area (Å²) in [7, 11) is 0. The Hall–Kier alpha value is -0.900. The molecule has 2 rings (SSSR count). The Morgan fingerprint density at radius 3 is 2.63 bits per heavy atom. The molecule has 1 aromatic carbocycles. The molecule has 3 nitrogen and oxygen atoms in total. The van der Waals surface area contributed by atoms with Crippen LogP contribution in [0.5, 0.6) is 0 Å². The molecule has 1 fully saturated rings. The Labute approximate surface area is 116 Å². The van der Waals surface area contributed by atoms with Crippen molar-refractivity contribution in [2.45, 2.75) is 51.2 Å². The maximum atomic E-state index is 5.88. The zero-order valence-corrected chi connectivity index (χ0v) is 11.8. The van der Waals surface area contributed by atoms with E-state index in [1.807, 2.05) is 0 Å². The van der Waals surface area contributed by atoms with Gasteiger partial charge < -0.3 is 4.74 Å². The summed E-state index contributed by atoms with van der Waals surface area (Å²) < 4.78 is 5.88. The number of nitrogens with one attached hydrogen (secondary N) is 1. The average molecular weight is 262 g/mol. The maximum Gasteiger partial charge on any atom is 0.0769 e. The number of hydrazine groups is 1. The molecule has 0 heterocycles. The fourth-order valence-corrected chi connectivity index (χ4v) is 2.71. The Kier molecular flexibility index (Phi) is 5.83. The van der Waals surface area contributed by atoms with Crippen LogP contribution in [-0.2, 0) is 11.2 Å². The fraction of sp³-hybridized carbons (Fsp3) is 0.625. The van der Waals surface area contributed by atoms with Gasteiger partial charge in [0.1, 0.15) is 0 Å². The summed E-state index contributed by atoms with van der Waals surface area (Å²) in [4.78, 5) is 0. The first kappa shape index (κ1) is 14.5. The van der Waals surface area contributed by atoms with Crippen molar-refractivity contribution < 1.29 is 4.74 Å². The highest BCUT2D eigenvalue weighted by molar-refractivity contribution is 5.14. The Morgan fingerprint density at radius 1 is 1.32 bits per heavy atom. The molecule has 2 atom stereocenters. The number of nitrogens with two attached hydrogens (primary N) is 1. The fourth-order valence-electron chi connectivity index (χ4n) is 2.71. The van der Waals surface area contributed by atoms with Crippen LogP contribution in [0.3, 0.4) is 0 Å². The molecule has 3 heteroatoms. The molecule has 19 heavy (non-hydrogen) atoms. The van der Waals surface area contributed by atoms with Crippen molar-refractivity contribution in [1.82, 2.24) is 5.43 Å². The van der Waals surface area contributed by atoms with Gasteiger partial charge in [-0.25, -0.2) is 0 Å². The van der Waals surface area contributed by atoms with Crippen LogP contribution < -0.4 is 11.3 Å². The van der Waals surface area contributed by atoms with Crippen molar-refractivity contribution in [2.24, 2.45) is 11.8 Å². The van der Waals surface area contributed by atoms with Crippen LogP contribution >= 0.6 is 0 Å². The van der Waals surface area contributed by atoms with E-state index in [0.29, 0.717) is 6.10 Å². The lowest BCUT2D eigenvalue weighted by atomic mass is 9.99. The molecule has 0 aromatic heterocycles. The van der Waals surface area contributed by atoms with E-state index >= 15 is 0 Å². The molecule has 1 saturated carbocycles. The highest BCUT2D eigenvalue weighted by Crippen LogP contribution is 2.36. The van der Waals surface area contributed by atoms with Crippen LogP contribution in [0.25, 0.3) is 0 Å². The topological polar surface area (TPSA) is 47.3 Å². The van der Waals surface area contributed by atoms with Crippen molar-refractivity contribution in [2.75, 3.05) is 6.61 Å². The molecule has 0 bridgehead atoms. The number of hydrogen-bond donors (Lipinski definition) is 2. The molecule has 3 N–H and O–H groups in total. The third kappa shape index (κ3) is 4.60. The highest BCUT2D eigenvalue weighted by atomic mass is 16.5. The number of hydrogen-bond acceptors (Lipinski definition) is 3. The normalized spacial score (nSPS) is 18.2. The molecular formula is C16H26N2O. The number of benzene rings is 1. The SMILES string of the molecule is CCOC(C1CC1)C(CCCc1ccccc1)NN. The minimum Gasteiger partial charge on any atom is -0.377 e. The zero-order chi connectivity index (χ0) is 13.5. The molecule has 0 amide bonds. The third-order valence-electron chi connectivity index (χ3n) is 3.88. The van der Waals surface area contributed by atoms with Gasteiger partial charge in [-0.1, -0.05) is 30.3 Å². The van der Waals surface area contributed by atoms with Crippen molar-refractivity contribution in [1.29, 1.82) is 0 Å². The zero-order valence-electron chi connectivity index (χ0n) is 11.8. The van der Waals surface area contributed by atoms with Crippen LogP contribution in [0, 0.1) is 5.92 Å². The van der Waals surface area contributed by atoms with Crippen LogP contribution in [0.1, 0.15) is 38.2 Å². The van der Waals surface area contributed by atoms with Crippen LogP contribution in [0.4, 0.5) is 0 Å². The number of ether oxygens (including phenoxy) is 1. The smallest absolute Gasteiger partial charge is 0.0769 e. The van der Waals surface area contributed by atoms with E-state index in [4.69, 9.17) is 10.6 Å². The minimum absolute atomic E-state index is 0.288. The summed E-state index contributed by atoms with van der Waals surface area (Å²) >= 11 is 0. The predicted molar refractivity (Wildman–Crippen MR) is 78.6 cm³/mol. The van der Waals surface area contributed by atoms with E-state index in [0.717, 1.165) is 31.8 Å². The molecule has 0 spiro atoms. The lowest BCUT2D eigenvalue weighted by molar-refractivity contribution is 0.0165. The van der Waals surface area contributed by atoms with E-state index < -0.39 is 0 Å². The van der Waals surface area contributed by atoms with Gasteiger partial charge in [-0.15, -0.1) is 0 Å². The summed E-state index contributed by atoms with van der Waals surface area (Å²) in [6.45, 7) is 2.84. The van der Waals surface area contributed by atoms with Crippen molar-refractivity contribution >= 4 is 0 Å². The van der Waals surface area contributed by atoms with E-state index in [1.165, 1.54) is 18.4 Å². The summed E-state index contributed by atoms with van der Waals surface area (Å²) in [5.74, 6) is 6.44. The van der Waals surface area contributed by atoms with Gasteiger partial charge in [0.15, 0.2) is 0 Å². The van der Waals surface area contributed by atoms with Crippen molar-refractivity contribution in [3.05, 3.63) is 35.9 Å². The predicted octanol–water partition coefficient (Wildman–Crippen LogP) is 2.66. The van der Waals surface area contributed by atoms with Gasteiger partial charge in [0.25, 0.3) is 0 Å². The van der Waals surface area contributed by atoms with E-state index in [-0.39, 0.29) is 6.04 Å². The van der Waals surface area contributed by atoms with E-state index in [2.05, 4.69) is 42.7 Å². The quantitative estimate of drug-likeness (QED) is 0.531. The third-order valence-corrected chi connectivity index (χ3v) is 3.88. The minimum atomic E-state index is 0.288. The summed E-state index contributed by atoms with van der Waals surface area (Å²) in [6.07, 6.45) is 6.22. The first-order valence-corrected chi connectivity index (χ1v) is 7.46. The molecule has 106 valence electrons. The van der Waals surface area contributed by atoms with Gasteiger partial charge in [0.05, 0.1) is 6.10 Å². The van der Waals surface area contributed by atoms with Gasteiger partial charge in [0, 0.05) is 12.6 Å². The number of aryl methyl sites for hydroxylation is 1. The second-order valence-electron chi connectivity index (χ2n) is 5.41. The first-order valence-electron chi connectivity index (χ1n) is 7.46. The second kappa shape index (κ2) is 7.63. The molecule has 2 unspecified atom stereocenters. The summed E-state index contributed by atoms with van der Waals surface area (Å²) in [5.41, 5.74) is 4.37. The second-order valence-corrected chi connectivity index (χ2v) is 5.41. The largest absolute Gasteiger partial charge is 0.377 e. The maximum absolute atomic E-state index is 5.88. The summed E-state index contributed by atoms with van der Waals surface area (Å²) in [5, 5.41) is 0. The molecule has 1 aliphatic rings. The Bertz CT molecular complexity index is 351. The van der Waals surface area contributed by atoms with E-state index in [1.54, 1.807) is 0 Å². The van der Waals surface area contributed by atoms with Crippen LogP contribution in [0.2, 0.25) is 0 Å². The molecule has 0 aliphatic heterocycles. The first-order chi connectivity index (χ1) is 9.35.